The van der Waals surface area contributed by atoms with Crippen LogP contribution in [0.5, 0.6) is 0 Å². The molecule has 0 aromatic heterocycles. The van der Waals surface area contributed by atoms with E-state index in [4.69, 9.17) is 23.4 Å². The summed E-state index contributed by atoms with van der Waals surface area (Å²) in [6.45, 7) is 16.0. The molecule has 228 valence electrons. The maximum atomic E-state index is 12.8. The summed E-state index contributed by atoms with van der Waals surface area (Å²) >= 11 is 0. The molecule has 7 nitrogen and oxygen atoms in total. The lowest BCUT2D eigenvalue weighted by Gasteiger charge is -2.28. The molecule has 0 aromatic carbocycles. The smallest absolute Gasteiger partial charge is 0.396 e. The van der Waals surface area contributed by atoms with E-state index in [1.54, 1.807) is 0 Å². The van der Waals surface area contributed by atoms with Crippen molar-refractivity contribution in [3.8, 4) is 0 Å². The Morgan fingerprint density at radius 2 is 1.39 bits per heavy atom. The van der Waals surface area contributed by atoms with Crippen LogP contribution in [-0.4, -0.2) is 56.0 Å². The molecular formula is C30H61O7P. The summed E-state index contributed by atoms with van der Waals surface area (Å²) in [6, 6.07) is 0. The van der Waals surface area contributed by atoms with Crippen LogP contribution in [0.15, 0.2) is 12.2 Å². The zero-order chi connectivity index (χ0) is 28.9. The van der Waals surface area contributed by atoms with Gasteiger partial charge in [0, 0.05) is 13.2 Å². The lowest BCUT2D eigenvalue weighted by atomic mass is 9.78. The second kappa shape index (κ2) is 21.5. The Morgan fingerprint density at radius 1 is 0.763 bits per heavy atom. The van der Waals surface area contributed by atoms with E-state index in [-0.39, 0.29) is 39.0 Å². The van der Waals surface area contributed by atoms with Crippen LogP contribution in [0.25, 0.3) is 0 Å². The first-order valence-corrected chi connectivity index (χ1v) is 16.3. The minimum atomic E-state index is -3.76. The molecular weight excluding hydrogens is 503 g/mol. The van der Waals surface area contributed by atoms with E-state index < -0.39 is 13.9 Å². The van der Waals surface area contributed by atoms with Crippen molar-refractivity contribution in [2.24, 2.45) is 16.7 Å². The van der Waals surface area contributed by atoms with Crippen molar-refractivity contribution in [2.75, 3.05) is 39.6 Å². The second-order valence-electron chi connectivity index (χ2n) is 12.8. The summed E-state index contributed by atoms with van der Waals surface area (Å²) < 4.78 is 34.6. The number of aliphatic hydroxyl groups excluding tert-OH is 2. The molecule has 0 fully saturated rings. The molecule has 1 unspecified atom stereocenters. The molecule has 0 rings (SSSR count). The molecule has 0 aliphatic heterocycles. The number of hydrogen-bond donors (Lipinski definition) is 2. The molecule has 2 atom stereocenters. The zero-order valence-corrected chi connectivity index (χ0v) is 26.6. The number of rotatable bonds is 25. The molecule has 0 radical (unpaired) electrons. The third-order valence-electron chi connectivity index (χ3n) is 6.25. The quantitative estimate of drug-likeness (QED) is 0.0657. The van der Waals surface area contributed by atoms with Gasteiger partial charge in [0.1, 0.15) is 6.10 Å². The Kier molecular flexibility index (Phi) is 21.3. The van der Waals surface area contributed by atoms with Gasteiger partial charge in [-0.2, -0.15) is 0 Å². The van der Waals surface area contributed by atoms with Gasteiger partial charge >= 0.3 is 7.82 Å². The van der Waals surface area contributed by atoms with Crippen molar-refractivity contribution < 1.29 is 33.1 Å². The molecule has 38 heavy (non-hydrogen) atoms. The monoisotopic (exact) mass is 564 g/mol. The normalized spacial score (nSPS) is 15.4. The Morgan fingerprint density at radius 3 is 2.00 bits per heavy atom. The highest BCUT2D eigenvalue weighted by Gasteiger charge is 2.28. The van der Waals surface area contributed by atoms with Gasteiger partial charge < -0.3 is 14.9 Å². The number of aliphatic hydroxyl groups is 2. The maximum Gasteiger partial charge on any atom is 0.474 e. The van der Waals surface area contributed by atoms with Crippen LogP contribution in [0.4, 0.5) is 0 Å². The molecule has 0 aliphatic rings. The molecule has 0 aliphatic carbocycles. The average molecular weight is 565 g/mol. The zero-order valence-electron chi connectivity index (χ0n) is 25.7. The van der Waals surface area contributed by atoms with Crippen LogP contribution in [0.3, 0.4) is 0 Å². The number of hydrogen-bond acceptors (Lipinski definition) is 7. The first kappa shape index (κ1) is 37.7. The van der Waals surface area contributed by atoms with Crippen molar-refractivity contribution in [2.45, 2.75) is 125 Å². The Labute approximate surface area is 234 Å². The van der Waals surface area contributed by atoms with E-state index in [0.717, 1.165) is 25.7 Å². The topological polar surface area (TPSA) is 94.5 Å². The third-order valence-corrected chi connectivity index (χ3v) is 7.68. The number of unbranched alkanes of at least 4 members (excludes halogenated alkanes) is 6. The predicted molar refractivity (Wildman–Crippen MR) is 157 cm³/mol. The van der Waals surface area contributed by atoms with Crippen molar-refractivity contribution in [1.29, 1.82) is 0 Å². The molecule has 0 saturated carbocycles. The molecule has 0 aromatic rings. The van der Waals surface area contributed by atoms with E-state index in [0.29, 0.717) is 23.9 Å². The number of ether oxygens (including phenoxy) is 1. The van der Waals surface area contributed by atoms with Gasteiger partial charge in [0.05, 0.1) is 26.4 Å². The van der Waals surface area contributed by atoms with Crippen molar-refractivity contribution >= 4 is 7.82 Å². The summed E-state index contributed by atoms with van der Waals surface area (Å²) in [5.41, 5.74) is 0.787. The van der Waals surface area contributed by atoms with Gasteiger partial charge in [0.25, 0.3) is 0 Å². The van der Waals surface area contributed by atoms with Gasteiger partial charge in [-0.15, -0.1) is 0 Å². The number of allylic oxidation sites excluding steroid dienone is 2. The molecule has 0 amide bonds. The number of phosphoric ester groups is 1. The predicted octanol–water partition coefficient (Wildman–Crippen LogP) is 8.09. The first-order chi connectivity index (χ1) is 17.8. The highest BCUT2D eigenvalue weighted by molar-refractivity contribution is 7.48. The fourth-order valence-corrected chi connectivity index (χ4v) is 4.98. The van der Waals surface area contributed by atoms with Crippen molar-refractivity contribution in [3.63, 3.8) is 0 Å². The van der Waals surface area contributed by atoms with Gasteiger partial charge in [-0.1, -0.05) is 86.3 Å². The van der Waals surface area contributed by atoms with Crippen LogP contribution in [0.1, 0.15) is 119 Å². The second-order valence-corrected chi connectivity index (χ2v) is 14.5. The summed E-state index contributed by atoms with van der Waals surface area (Å²) in [5, 5.41) is 18.5. The van der Waals surface area contributed by atoms with Gasteiger partial charge in [-0.25, -0.2) is 4.57 Å². The third kappa shape index (κ3) is 23.6. The van der Waals surface area contributed by atoms with Gasteiger partial charge in [-0.05, 0) is 61.7 Å². The Bertz CT molecular complexity index is 629. The van der Waals surface area contributed by atoms with E-state index in [2.05, 4.69) is 46.8 Å². The Hall–Kier alpha value is -0.270. The largest absolute Gasteiger partial charge is 0.474 e. The minimum Gasteiger partial charge on any atom is -0.396 e. The van der Waals surface area contributed by atoms with Gasteiger partial charge in [0.15, 0.2) is 0 Å². The van der Waals surface area contributed by atoms with E-state index >= 15 is 0 Å². The lowest BCUT2D eigenvalue weighted by Crippen LogP contribution is -2.24. The Balaban J connectivity index is 3.97. The molecule has 0 spiro atoms. The molecule has 0 saturated heterocycles. The van der Waals surface area contributed by atoms with Crippen LogP contribution in [0, 0.1) is 16.7 Å². The maximum absolute atomic E-state index is 12.8. The van der Waals surface area contributed by atoms with Crippen LogP contribution < -0.4 is 0 Å². The van der Waals surface area contributed by atoms with E-state index in [9.17, 15) is 9.67 Å². The van der Waals surface area contributed by atoms with Gasteiger partial charge in [0.2, 0.25) is 0 Å². The first-order valence-electron chi connectivity index (χ1n) is 14.8. The highest BCUT2D eigenvalue weighted by Crippen LogP contribution is 2.50. The molecule has 8 heteroatoms. The molecule has 0 bridgehead atoms. The van der Waals surface area contributed by atoms with Crippen LogP contribution in [-0.2, 0) is 22.9 Å². The number of phosphoric acid groups is 1. The standard InChI is InChI=1S/C30H61O7P/c1-27(2)25-36-38(33,35-23-17-21-31)37-26-28(24-32)34-22-16-14-12-10-8-9-11-13-15-18-30(6,7)20-19-29(3,4)5/h13,15,27-28,31-32H,8-12,14,16-26H2,1-7H3/b15-13-/t28-,38?/m0/s1. The molecule has 2 N–H and O–H groups in total. The summed E-state index contributed by atoms with van der Waals surface area (Å²) in [6.07, 6.45) is 16.2. The summed E-state index contributed by atoms with van der Waals surface area (Å²) in [4.78, 5) is 0. The lowest BCUT2D eigenvalue weighted by molar-refractivity contribution is -0.0259. The van der Waals surface area contributed by atoms with Crippen LogP contribution >= 0.6 is 7.82 Å². The fourth-order valence-electron chi connectivity index (χ4n) is 3.58. The van der Waals surface area contributed by atoms with E-state index in [1.165, 1.54) is 38.5 Å². The average Bonchev–Trinajstić information content (AvgIpc) is 2.84. The van der Waals surface area contributed by atoms with E-state index in [1.807, 2.05) is 13.8 Å². The van der Waals surface area contributed by atoms with Crippen molar-refractivity contribution in [3.05, 3.63) is 12.2 Å². The van der Waals surface area contributed by atoms with Gasteiger partial charge in [-0.3, -0.25) is 13.6 Å². The molecule has 0 heterocycles. The van der Waals surface area contributed by atoms with Crippen LogP contribution in [0.2, 0.25) is 0 Å². The SMILES string of the molecule is CC(C)COP(=O)(OCCCO)OC[C@H](CO)OCCCCCCCC/C=C\CC(C)(C)CCC(C)(C)C. The van der Waals surface area contributed by atoms with Crippen molar-refractivity contribution in [1.82, 2.24) is 0 Å². The summed E-state index contributed by atoms with van der Waals surface area (Å²) in [7, 11) is -3.76. The fraction of sp³-hybridized carbons (Fsp3) is 0.933. The summed E-state index contributed by atoms with van der Waals surface area (Å²) in [5.74, 6) is 0.162. The highest BCUT2D eigenvalue weighted by atomic mass is 31.2. The minimum absolute atomic E-state index is 0.0693.